The van der Waals surface area contributed by atoms with Gasteiger partial charge in [-0.2, -0.15) is 0 Å². The number of aliphatic imine (C=N–C) groups is 1. The van der Waals surface area contributed by atoms with E-state index in [9.17, 15) is 0 Å². The molecule has 0 radical (unpaired) electrons. The molecule has 0 atom stereocenters. The highest BCUT2D eigenvalue weighted by molar-refractivity contribution is 14.0. The zero-order valence-corrected chi connectivity index (χ0v) is 18.9. The number of hydrogen-bond donors (Lipinski definition) is 2. The molecule has 0 bridgehead atoms. The van der Waals surface area contributed by atoms with Gasteiger partial charge in [-0.05, 0) is 36.6 Å². The number of nitrogens with zero attached hydrogens (tertiary/aromatic N) is 2. The molecule has 1 aromatic heterocycles. The molecule has 3 rings (SSSR count). The Morgan fingerprint density at radius 1 is 1.07 bits per heavy atom. The predicted octanol–water partition coefficient (Wildman–Crippen LogP) is 4.08. The Balaban J connectivity index is 0.00000280. The molecule has 0 saturated carbocycles. The Bertz CT molecular complexity index is 937. The number of fused-ring (bicyclic) bond motifs is 1. The fourth-order valence-electron chi connectivity index (χ4n) is 3.13. The zero-order valence-electron chi connectivity index (χ0n) is 16.5. The average Bonchev–Trinajstić information content (AvgIpc) is 2.70. The highest BCUT2D eigenvalue weighted by Crippen LogP contribution is 2.19. The quantitative estimate of drug-likeness (QED) is 0.311. The molecule has 3 aromatic rings. The molecule has 28 heavy (non-hydrogen) atoms. The Labute approximate surface area is 183 Å². The van der Waals surface area contributed by atoms with Crippen molar-refractivity contribution < 1.29 is 4.74 Å². The average molecular weight is 490 g/mol. The van der Waals surface area contributed by atoms with Gasteiger partial charge in [0.15, 0.2) is 5.96 Å². The minimum atomic E-state index is 0. The van der Waals surface area contributed by atoms with Gasteiger partial charge in [0.05, 0.1) is 12.6 Å². The van der Waals surface area contributed by atoms with E-state index in [0.717, 1.165) is 41.1 Å². The Hall–Kier alpha value is -2.35. The predicted molar refractivity (Wildman–Crippen MR) is 127 cm³/mol. The van der Waals surface area contributed by atoms with Gasteiger partial charge in [0.25, 0.3) is 0 Å². The van der Waals surface area contributed by atoms with Crippen molar-refractivity contribution in [2.45, 2.75) is 19.9 Å². The molecule has 2 aromatic carbocycles. The monoisotopic (exact) mass is 490 g/mol. The minimum Gasteiger partial charge on any atom is -0.496 e. The summed E-state index contributed by atoms with van der Waals surface area (Å²) in [6.07, 6.45) is 2.69. The van der Waals surface area contributed by atoms with Gasteiger partial charge in [-0.15, -0.1) is 24.0 Å². The van der Waals surface area contributed by atoms with Gasteiger partial charge in [-0.1, -0.05) is 42.0 Å². The van der Waals surface area contributed by atoms with Crippen LogP contribution in [0.4, 0.5) is 0 Å². The SMILES string of the molecule is CN=C(NCCc1cc(C)ccc1OC)NCc1cccc2cccnc12.I. The molecule has 2 N–H and O–H groups in total. The molecule has 0 aliphatic heterocycles. The van der Waals surface area contributed by atoms with Crippen molar-refractivity contribution in [3.8, 4) is 5.75 Å². The van der Waals surface area contributed by atoms with Crippen LogP contribution in [0.5, 0.6) is 5.75 Å². The fraction of sp³-hybridized carbons (Fsp3) is 0.273. The molecule has 0 spiro atoms. The highest BCUT2D eigenvalue weighted by atomic mass is 127. The van der Waals surface area contributed by atoms with Gasteiger partial charge in [-0.3, -0.25) is 9.98 Å². The number of guanidine groups is 1. The van der Waals surface area contributed by atoms with Crippen LogP contribution in [0.15, 0.2) is 59.7 Å². The lowest BCUT2D eigenvalue weighted by molar-refractivity contribution is 0.409. The summed E-state index contributed by atoms with van der Waals surface area (Å²) < 4.78 is 5.45. The van der Waals surface area contributed by atoms with Crippen LogP contribution in [0, 0.1) is 6.92 Å². The van der Waals surface area contributed by atoms with Crippen LogP contribution >= 0.6 is 24.0 Å². The Morgan fingerprint density at radius 2 is 1.89 bits per heavy atom. The molecule has 0 unspecified atom stereocenters. The summed E-state index contributed by atoms with van der Waals surface area (Å²) >= 11 is 0. The normalized spacial score (nSPS) is 11.0. The molecule has 0 aliphatic carbocycles. The molecular weight excluding hydrogens is 463 g/mol. The first-order valence-corrected chi connectivity index (χ1v) is 9.12. The number of benzene rings is 2. The van der Waals surface area contributed by atoms with E-state index in [1.54, 1.807) is 14.2 Å². The maximum Gasteiger partial charge on any atom is 0.191 e. The van der Waals surface area contributed by atoms with Crippen LogP contribution in [-0.4, -0.2) is 31.6 Å². The van der Waals surface area contributed by atoms with E-state index in [1.165, 1.54) is 11.1 Å². The van der Waals surface area contributed by atoms with Crippen molar-refractivity contribution in [3.63, 3.8) is 0 Å². The third kappa shape index (κ3) is 5.58. The van der Waals surface area contributed by atoms with Crippen molar-refractivity contribution in [2.24, 2.45) is 4.99 Å². The first kappa shape index (κ1) is 21.9. The van der Waals surface area contributed by atoms with Gasteiger partial charge < -0.3 is 15.4 Å². The van der Waals surface area contributed by atoms with Gasteiger partial charge in [0, 0.05) is 31.7 Å². The van der Waals surface area contributed by atoms with E-state index in [2.05, 4.69) is 63.9 Å². The zero-order chi connectivity index (χ0) is 19.1. The number of ether oxygens (including phenoxy) is 1. The molecule has 5 nitrogen and oxygen atoms in total. The topological polar surface area (TPSA) is 58.5 Å². The number of hydrogen-bond acceptors (Lipinski definition) is 3. The van der Waals surface area contributed by atoms with Crippen LogP contribution in [-0.2, 0) is 13.0 Å². The van der Waals surface area contributed by atoms with Gasteiger partial charge in [0.1, 0.15) is 5.75 Å². The van der Waals surface area contributed by atoms with Crippen molar-refractivity contribution in [1.29, 1.82) is 0 Å². The van der Waals surface area contributed by atoms with Crippen LogP contribution < -0.4 is 15.4 Å². The second-order valence-corrected chi connectivity index (χ2v) is 6.41. The van der Waals surface area contributed by atoms with Crippen LogP contribution in [0.1, 0.15) is 16.7 Å². The van der Waals surface area contributed by atoms with E-state index >= 15 is 0 Å². The van der Waals surface area contributed by atoms with Crippen molar-refractivity contribution in [2.75, 3.05) is 20.7 Å². The summed E-state index contributed by atoms with van der Waals surface area (Å²) in [5.74, 6) is 1.70. The standard InChI is InChI=1S/C22H26N4O.HI/c1-16-9-10-20(27-3)18(14-16)11-13-25-22(23-2)26-15-19-7-4-6-17-8-5-12-24-21(17)19;/h4-10,12,14H,11,13,15H2,1-3H3,(H2,23,25,26);1H. The number of aryl methyl sites for hydroxylation is 1. The fourth-order valence-corrected chi connectivity index (χ4v) is 3.13. The first-order valence-electron chi connectivity index (χ1n) is 9.12. The van der Waals surface area contributed by atoms with E-state index in [1.807, 2.05) is 18.3 Å². The minimum absolute atomic E-state index is 0. The van der Waals surface area contributed by atoms with Crippen molar-refractivity contribution >= 4 is 40.8 Å². The van der Waals surface area contributed by atoms with Gasteiger partial charge in [0.2, 0.25) is 0 Å². The number of methoxy groups -OCH3 is 1. The molecule has 0 saturated heterocycles. The maximum absolute atomic E-state index is 5.45. The molecular formula is C22H27IN4O. The third-order valence-corrected chi connectivity index (χ3v) is 4.51. The summed E-state index contributed by atoms with van der Waals surface area (Å²) in [6, 6.07) is 16.5. The van der Waals surface area contributed by atoms with Gasteiger partial charge >= 0.3 is 0 Å². The number of nitrogens with one attached hydrogen (secondary N) is 2. The largest absolute Gasteiger partial charge is 0.496 e. The van der Waals surface area contributed by atoms with E-state index in [0.29, 0.717) is 6.54 Å². The lowest BCUT2D eigenvalue weighted by Crippen LogP contribution is -2.37. The summed E-state index contributed by atoms with van der Waals surface area (Å²) in [6.45, 7) is 3.53. The van der Waals surface area contributed by atoms with Crippen LogP contribution in [0.25, 0.3) is 10.9 Å². The molecule has 148 valence electrons. The van der Waals surface area contributed by atoms with E-state index in [-0.39, 0.29) is 24.0 Å². The smallest absolute Gasteiger partial charge is 0.191 e. The number of aromatic nitrogens is 1. The second kappa shape index (κ2) is 10.8. The lowest BCUT2D eigenvalue weighted by Gasteiger charge is -2.14. The lowest BCUT2D eigenvalue weighted by atomic mass is 10.1. The highest BCUT2D eigenvalue weighted by Gasteiger charge is 2.06. The number of para-hydroxylation sites is 1. The van der Waals surface area contributed by atoms with Crippen molar-refractivity contribution in [3.05, 3.63) is 71.4 Å². The summed E-state index contributed by atoms with van der Waals surface area (Å²) in [7, 11) is 3.49. The molecule has 6 heteroatoms. The van der Waals surface area contributed by atoms with Crippen molar-refractivity contribution in [1.82, 2.24) is 15.6 Å². The third-order valence-electron chi connectivity index (χ3n) is 4.51. The van der Waals surface area contributed by atoms with Gasteiger partial charge in [-0.25, -0.2) is 0 Å². The summed E-state index contributed by atoms with van der Waals surface area (Å²) in [5.41, 5.74) is 4.60. The molecule has 0 aliphatic rings. The number of halogens is 1. The summed E-state index contributed by atoms with van der Waals surface area (Å²) in [4.78, 5) is 8.82. The summed E-state index contributed by atoms with van der Waals surface area (Å²) in [5, 5.41) is 7.89. The van der Waals surface area contributed by atoms with E-state index < -0.39 is 0 Å². The number of pyridine rings is 1. The Kier molecular flexibility index (Phi) is 8.50. The Morgan fingerprint density at radius 3 is 2.68 bits per heavy atom. The molecule has 0 fully saturated rings. The number of rotatable bonds is 6. The molecule has 1 heterocycles. The maximum atomic E-state index is 5.45. The first-order chi connectivity index (χ1) is 13.2. The van der Waals surface area contributed by atoms with Crippen LogP contribution in [0.3, 0.4) is 0 Å². The molecule has 0 amide bonds. The van der Waals surface area contributed by atoms with Crippen LogP contribution in [0.2, 0.25) is 0 Å². The second-order valence-electron chi connectivity index (χ2n) is 6.41. The van der Waals surface area contributed by atoms with E-state index in [4.69, 9.17) is 4.74 Å².